The number of likely N-dealkylation sites (tertiary alicyclic amines) is 1. The number of nitrogens with one attached hydrogen (secondary N) is 2. The number of urea groups is 1. The second-order valence-corrected chi connectivity index (χ2v) is 7.39. The van der Waals surface area contributed by atoms with Gasteiger partial charge in [0.25, 0.3) is 0 Å². The van der Waals surface area contributed by atoms with Gasteiger partial charge < -0.3 is 20.3 Å². The summed E-state index contributed by atoms with van der Waals surface area (Å²) in [6.07, 6.45) is 5.67. The van der Waals surface area contributed by atoms with Crippen LogP contribution in [-0.4, -0.2) is 43.2 Å². The third kappa shape index (κ3) is 4.79. The molecule has 0 radical (unpaired) electrons. The molecule has 1 fully saturated rings. The Morgan fingerprint density at radius 3 is 3.08 bits per heavy atom. The van der Waals surface area contributed by atoms with Crippen LogP contribution >= 0.6 is 11.6 Å². The predicted octanol–water partition coefficient (Wildman–Crippen LogP) is 3.73. The standard InChI is InChI=1S/C19H28ClN3O2/c1-14-6-2-3-11-23(14)12-5-10-21-19(24)22-17-9-13-25-18-15(17)7-4-8-16(18)20/h4,7-8,14,17H,2-3,5-6,9-13H2,1H3,(H2,21,22,24)/t14-,17-/m1/s1. The maximum absolute atomic E-state index is 12.2. The van der Waals surface area contributed by atoms with E-state index in [-0.39, 0.29) is 12.1 Å². The zero-order valence-electron chi connectivity index (χ0n) is 14.9. The number of para-hydroxylation sites is 1. The Bertz CT molecular complexity index is 596. The zero-order valence-corrected chi connectivity index (χ0v) is 15.6. The summed E-state index contributed by atoms with van der Waals surface area (Å²) in [5.74, 6) is 0.694. The van der Waals surface area contributed by atoms with Crippen LogP contribution in [0, 0.1) is 0 Å². The van der Waals surface area contributed by atoms with E-state index in [2.05, 4.69) is 22.5 Å². The van der Waals surface area contributed by atoms with Crippen molar-refractivity contribution >= 4 is 17.6 Å². The number of fused-ring (bicyclic) bond motifs is 1. The van der Waals surface area contributed by atoms with Gasteiger partial charge in [-0.15, -0.1) is 0 Å². The molecule has 0 aromatic heterocycles. The Hall–Kier alpha value is -1.46. The van der Waals surface area contributed by atoms with E-state index in [9.17, 15) is 4.79 Å². The normalized spacial score (nSPS) is 23.4. The number of hydrogen-bond donors (Lipinski definition) is 2. The first kappa shape index (κ1) is 18.3. The highest BCUT2D eigenvalue weighted by Gasteiger charge is 2.24. The fourth-order valence-electron chi connectivity index (χ4n) is 3.72. The van der Waals surface area contributed by atoms with Crippen molar-refractivity contribution in [3.05, 3.63) is 28.8 Å². The Morgan fingerprint density at radius 2 is 2.24 bits per heavy atom. The molecule has 0 spiro atoms. The molecule has 0 bridgehead atoms. The number of amides is 2. The number of piperidine rings is 1. The lowest BCUT2D eigenvalue weighted by molar-refractivity contribution is 0.159. The second kappa shape index (κ2) is 8.77. The summed E-state index contributed by atoms with van der Waals surface area (Å²) in [5.41, 5.74) is 0.955. The highest BCUT2D eigenvalue weighted by atomic mass is 35.5. The van der Waals surface area contributed by atoms with Crippen molar-refractivity contribution in [3.63, 3.8) is 0 Å². The molecule has 3 rings (SSSR count). The van der Waals surface area contributed by atoms with E-state index in [1.807, 2.05) is 18.2 Å². The van der Waals surface area contributed by atoms with E-state index < -0.39 is 0 Å². The quantitative estimate of drug-likeness (QED) is 0.782. The van der Waals surface area contributed by atoms with E-state index in [1.54, 1.807) is 0 Å². The topological polar surface area (TPSA) is 53.6 Å². The van der Waals surface area contributed by atoms with Crippen LogP contribution in [0.25, 0.3) is 0 Å². The third-order valence-corrected chi connectivity index (χ3v) is 5.48. The van der Waals surface area contributed by atoms with Crippen molar-refractivity contribution < 1.29 is 9.53 Å². The highest BCUT2D eigenvalue weighted by Crippen LogP contribution is 2.37. The molecule has 5 nitrogen and oxygen atoms in total. The van der Waals surface area contributed by atoms with Gasteiger partial charge in [0.2, 0.25) is 0 Å². The summed E-state index contributed by atoms with van der Waals surface area (Å²) in [7, 11) is 0. The largest absolute Gasteiger partial charge is 0.492 e. The van der Waals surface area contributed by atoms with Crippen molar-refractivity contribution in [3.8, 4) is 5.75 Å². The van der Waals surface area contributed by atoms with Crippen LogP contribution in [0.15, 0.2) is 18.2 Å². The minimum absolute atomic E-state index is 0.0513. The van der Waals surface area contributed by atoms with E-state index in [1.165, 1.54) is 25.8 Å². The van der Waals surface area contributed by atoms with E-state index in [0.29, 0.717) is 30.0 Å². The van der Waals surface area contributed by atoms with Gasteiger partial charge in [-0.05, 0) is 38.8 Å². The molecule has 1 aromatic rings. The molecule has 2 aliphatic heterocycles. The number of halogens is 1. The Balaban J connectivity index is 1.42. The van der Waals surface area contributed by atoms with E-state index >= 15 is 0 Å². The molecular formula is C19H28ClN3O2. The molecule has 2 atom stereocenters. The average Bonchev–Trinajstić information content (AvgIpc) is 2.61. The van der Waals surface area contributed by atoms with Gasteiger partial charge in [0.1, 0.15) is 5.75 Å². The molecule has 138 valence electrons. The molecule has 1 aromatic carbocycles. The maximum atomic E-state index is 12.2. The van der Waals surface area contributed by atoms with E-state index in [4.69, 9.17) is 16.3 Å². The first-order chi connectivity index (χ1) is 12.1. The molecule has 2 aliphatic rings. The zero-order chi connectivity index (χ0) is 17.6. The summed E-state index contributed by atoms with van der Waals surface area (Å²) >= 11 is 6.17. The van der Waals surface area contributed by atoms with Crippen LogP contribution < -0.4 is 15.4 Å². The van der Waals surface area contributed by atoms with Gasteiger partial charge >= 0.3 is 6.03 Å². The first-order valence-electron chi connectivity index (χ1n) is 9.35. The van der Waals surface area contributed by atoms with Crippen LogP contribution in [-0.2, 0) is 0 Å². The molecule has 2 heterocycles. The molecule has 2 amide bonds. The Kier molecular flexibility index (Phi) is 6.43. The van der Waals surface area contributed by atoms with Gasteiger partial charge in [0.05, 0.1) is 17.7 Å². The average molecular weight is 366 g/mol. The molecule has 25 heavy (non-hydrogen) atoms. The highest BCUT2D eigenvalue weighted by molar-refractivity contribution is 6.32. The lowest BCUT2D eigenvalue weighted by Gasteiger charge is -2.33. The lowest BCUT2D eigenvalue weighted by Crippen LogP contribution is -2.42. The summed E-state index contributed by atoms with van der Waals surface area (Å²) in [6.45, 7) is 5.80. The molecule has 6 heteroatoms. The molecular weight excluding hydrogens is 338 g/mol. The van der Waals surface area contributed by atoms with Crippen LogP contribution in [0.5, 0.6) is 5.75 Å². The summed E-state index contributed by atoms with van der Waals surface area (Å²) in [6, 6.07) is 6.16. The van der Waals surface area contributed by atoms with Gasteiger partial charge in [-0.2, -0.15) is 0 Å². The van der Waals surface area contributed by atoms with Crippen molar-refractivity contribution in [1.29, 1.82) is 0 Å². The number of carbonyl (C=O) groups excluding carboxylic acids is 1. The number of nitrogens with zero attached hydrogens (tertiary/aromatic N) is 1. The number of rotatable bonds is 5. The SMILES string of the molecule is C[C@@H]1CCCCN1CCCNC(=O)N[C@@H]1CCOc2c(Cl)cccc21. The molecule has 0 unspecified atom stereocenters. The molecule has 0 saturated carbocycles. The summed E-state index contributed by atoms with van der Waals surface area (Å²) < 4.78 is 5.63. The fourth-order valence-corrected chi connectivity index (χ4v) is 3.96. The minimum Gasteiger partial charge on any atom is -0.492 e. The molecule has 1 saturated heterocycles. The molecule has 2 N–H and O–H groups in total. The van der Waals surface area contributed by atoms with Gasteiger partial charge in [-0.3, -0.25) is 0 Å². The van der Waals surface area contributed by atoms with Crippen LogP contribution in [0.4, 0.5) is 4.79 Å². The number of carbonyl (C=O) groups is 1. The van der Waals surface area contributed by atoms with E-state index in [0.717, 1.165) is 24.9 Å². The number of ether oxygens (including phenoxy) is 1. The van der Waals surface area contributed by atoms with Crippen LogP contribution in [0.1, 0.15) is 50.6 Å². The number of hydrogen-bond acceptors (Lipinski definition) is 3. The van der Waals surface area contributed by atoms with Crippen molar-refractivity contribution in [1.82, 2.24) is 15.5 Å². The van der Waals surface area contributed by atoms with Crippen molar-refractivity contribution in [2.75, 3.05) is 26.2 Å². The summed E-state index contributed by atoms with van der Waals surface area (Å²) in [5, 5.41) is 6.62. The monoisotopic (exact) mass is 365 g/mol. The Morgan fingerprint density at radius 1 is 1.36 bits per heavy atom. The smallest absolute Gasteiger partial charge is 0.315 e. The third-order valence-electron chi connectivity index (χ3n) is 5.18. The second-order valence-electron chi connectivity index (χ2n) is 6.98. The number of benzene rings is 1. The lowest BCUT2D eigenvalue weighted by atomic mass is 10.0. The van der Waals surface area contributed by atoms with Crippen LogP contribution in [0.3, 0.4) is 0 Å². The first-order valence-corrected chi connectivity index (χ1v) is 9.72. The van der Waals surface area contributed by atoms with Gasteiger partial charge in [0, 0.05) is 31.1 Å². The summed E-state index contributed by atoms with van der Waals surface area (Å²) in [4.78, 5) is 14.7. The molecule has 0 aliphatic carbocycles. The minimum atomic E-state index is -0.121. The van der Waals surface area contributed by atoms with Gasteiger partial charge in [-0.25, -0.2) is 4.79 Å². The fraction of sp³-hybridized carbons (Fsp3) is 0.632. The maximum Gasteiger partial charge on any atom is 0.315 e. The van der Waals surface area contributed by atoms with Crippen molar-refractivity contribution in [2.45, 2.75) is 51.1 Å². The van der Waals surface area contributed by atoms with Crippen LogP contribution in [0.2, 0.25) is 5.02 Å². The Labute approximate surface area is 155 Å². The van der Waals surface area contributed by atoms with Gasteiger partial charge in [-0.1, -0.05) is 30.2 Å². The van der Waals surface area contributed by atoms with Crippen molar-refractivity contribution in [2.24, 2.45) is 0 Å². The predicted molar refractivity (Wildman–Crippen MR) is 100 cm³/mol. The van der Waals surface area contributed by atoms with Gasteiger partial charge in [0.15, 0.2) is 0 Å².